The first-order valence-corrected chi connectivity index (χ1v) is 14.7. The minimum absolute atomic E-state index is 0.0236. The number of likely N-dealkylation sites (tertiary alicyclic amines) is 1. The summed E-state index contributed by atoms with van der Waals surface area (Å²) in [5.74, 6) is 1.37. The maximum Gasteiger partial charge on any atom is 0.222 e. The maximum atomic E-state index is 13.6. The van der Waals surface area contributed by atoms with Crippen molar-refractivity contribution in [2.24, 2.45) is 17.8 Å². The summed E-state index contributed by atoms with van der Waals surface area (Å²) < 4.78 is 11.1. The Morgan fingerprint density at radius 1 is 1.19 bits per heavy atom. The molecule has 2 aliphatic rings. The van der Waals surface area contributed by atoms with Gasteiger partial charge in [0.25, 0.3) is 0 Å². The lowest BCUT2D eigenvalue weighted by Crippen LogP contribution is -2.48. The molecule has 1 aliphatic heterocycles. The van der Waals surface area contributed by atoms with Gasteiger partial charge in [-0.2, -0.15) is 0 Å². The summed E-state index contributed by atoms with van der Waals surface area (Å²) in [7, 11) is 3.71. The molecule has 0 unspecified atom stereocenters. The molecule has 206 valence electrons. The maximum absolute atomic E-state index is 13.6. The van der Waals surface area contributed by atoms with Gasteiger partial charge in [-0.25, -0.2) is 0 Å². The van der Waals surface area contributed by atoms with Crippen molar-refractivity contribution in [3.8, 4) is 0 Å². The fraction of sp³-hybridized carbons (Fsp3) is 0.710. The van der Waals surface area contributed by atoms with Crippen LogP contribution in [0, 0.1) is 17.8 Å². The molecule has 0 radical (unpaired) electrons. The number of unbranched alkanes of at least 4 members (excludes halogenated alkanes) is 1. The van der Waals surface area contributed by atoms with Crippen LogP contribution in [0.25, 0.3) is 11.0 Å². The molecule has 1 aromatic carbocycles. The van der Waals surface area contributed by atoms with Crippen LogP contribution in [-0.2, 0) is 15.1 Å². The van der Waals surface area contributed by atoms with E-state index >= 15 is 0 Å². The second-order valence-corrected chi connectivity index (χ2v) is 11.6. The third-order valence-corrected chi connectivity index (χ3v) is 8.90. The van der Waals surface area contributed by atoms with E-state index in [9.17, 15) is 9.90 Å². The van der Waals surface area contributed by atoms with Crippen LogP contribution in [0.15, 0.2) is 34.9 Å². The number of carbonyl (C=O) groups is 1. The molecule has 2 N–H and O–H groups in total. The Kier molecular flexibility index (Phi) is 10.5. The second-order valence-electron chi connectivity index (χ2n) is 11.6. The number of rotatable bonds is 13. The number of nitrogens with one attached hydrogen (secondary N) is 1. The van der Waals surface area contributed by atoms with Crippen molar-refractivity contribution in [1.82, 2.24) is 10.2 Å². The van der Waals surface area contributed by atoms with Gasteiger partial charge in [-0.1, -0.05) is 50.3 Å². The molecule has 4 rings (SSSR count). The SMILES string of the molecule is CNC[C@@H](CC(=O)N1CCC[C@@H]([C@@](O)(CCCCOC)c2cccc3ccoc23)C1)CC1CCCCC1. The molecular weight excluding hydrogens is 464 g/mol. The van der Waals surface area contributed by atoms with Crippen LogP contribution in [0.4, 0.5) is 0 Å². The van der Waals surface area contributed by atoms with Crippen molar-refractivity contribution in [3.63, 3.8) is 0 Å². The quantitative estimate of drug-likeness (QED) is 0.328. The Bertz CT molecular complexity index is 969. The highest BCUT2D eigenvalue weighted by atomic mass is 16.5. The average molecular weight is 513 g/mol. The number of fused-ring (bicyclic) bond motifs is 1. The number of para-hydroxylation sites is 1. The number of nitrogens with zero attached hydrogens (tertiary/aromatic N) is 1. The molecule has 6 nitrogen and oxygen atoms in total. The van der Waals surface area contributed by atoms with E-state index in [1.54, 1.807) is 13.4 Å². The predicted octanol–water partition coefficient (Wildman–Crippen LogP) is 5.87. The van der Waals surface area contributed by atoms with Gasteiger partial charge in [0, 0.05) is 50.1 Å². The predicted molar refractivity (Wildman–Crippen MR) is 148 cm³/mol. The van der Waals surface area contributed by atoms with Gasteiger partial charge in [0.15, 0.2) is 0 Å². The highest BCUT2D eigenvalue weighted by Gasteiger charge is 2.42. The molecule has 6 heteroatoms. The van der Waals surface area contributed by atoms with Crippen LogP contribution in [0.1, 0.15) is 82.6 Å². The number of piperidine rings is 1. The number of benzene rings is 1. The van der Waals surface area contributed by atoms with Gasteiger partial charge in [-0.05, 0) is 70.0 Å². The number of furan rings is 1. The zero-order chi connectivity index (χ0) is 26.1. The zero-order valence-electron chi connectivity index (χ0n) is 23.1. The van der Waals surface area contributed by atoms with Gasteiger partial charge < -0.3 is 24.5 Å². The third kappa shape index (κ3) is 7.15. The van der Waals surface area contributed by atoms with Gasteiger partial charge in [0.1, 0.15) is 5.58 Å². The van der Waals surface area contributed by atoms with Gasteiger partial charge in [-0.3, -0.25) is 4.79 Å². The number of amides is 1. The summed E-state index contributed by atoms with van der Waals surface area (Å²) in [6.45, 7) is 2.97. The van der Waals surface area contributed by atoms with Crippen molar-refractivity contribution in [2.45, 2.75) is 82.7 Å². The van der Waals surface area contributed by atoms with Crippen LogP contribution in [0.2, 0.25) is 0 Å². The lowest BCUT2D eigenvalue weighted by atomic mass is 9.73. The van der Waals surface area contributed by atoms with Crippen molar-refractivity contribution < 1.29 is 19.1 Å². The third-order valence-electron chi connectivity index (χ3n) is 8.90. The van der Waals surface area contributed by atoms with E-state index in [1.807, 2.05) is 36.2 Å². The van der Waals surface area contributed by atoms with E-state index < -0.39 is 5.60 Å². The van der Waals surface area contributed by atoms with Crippen molar-refractivity contribution >= 4 is 16.9 Å². The standard InChI is InChI=1S/C31H48N2O4/c1-32-22-25(20-24-10-4-3-5-11-24)21-29(34)33-17-9-13-27(23-33)31(35,16-6-7-18-36-2)28-14-8-12-26-15-19-37-30(26)28/h8,12,14-15,19,24-25,27,32,35H,3-7,9-11,13,16-18,20-23H2,1-2H3/t25-,27-,31+/m1/s1. The lowest BCUT2D eigenvalue weighted by Gasteiger charge is -2.43. The van der Waals surface area contributed by atoms with Gasteiger partial charge in [0.05, 0.1) is 11.9 Å². The Morgan fingerprint density at radius 3 is 2.81 bits per heavy atom. The Morgan fingerprint density at radius 2 is 2.03 bits per heavy atom. The summed E-state index contributed by atoms with van der Waals surface area (Å²) in [4.78, 5) is 15.6. The number of carbonyl (C=O) groups excluding carboxylic acids is 1. The van der Waals surface area contributed by atoms with Gasteiger partial charge in [-0.15, -0.1) is 0 Å². The van der Waals surface area contributed by atoms with Crippen LogP contribution in [0.5, 0.6) is 0 Å². The number of methoxy groups -OCH3 is 1. The summed E-state index contributed by atoms with van der Waals surface area (Å²) in [5, 5.41) is 16.7. The number of hydrogen-bond donors (Lipinski definition) is 2. The van der Waals surface area contributed by atoms with E-state index in [1.165, 1.54) is 32.1 Å². The summed E-state index contributed by atoms with van der Waals surface area (Å²) in [6, 6.07) is 8.00. The Hall–Kier alpha value is -1.89. The molecule has 2 fully saturated rings. The first kappa shape index (κ1) is 28.1. The highest BCUT2D eigenvalue weighted by Crippen LogP contribution is 2.43. The molecule has 2 aromatic rings. The van der Waals surface area contributed by atoms with E-state index in [-0.39, 0.29) is 11.8 Å². The smallest absolute Gasteiger partial charge is 0.222 e. The van der Waals surface area contributed by atoms with E-state index in [0.29, 0.717) is 31.9 Å². The number of ether oxygens (including phenoxy) is 1. The van der Waals surface area contributed by atoms with E-state index in [2.05, 4.69) is 5.32 Å². The fourth-order valence-corrected chi connectivity index (χ4v) is 6.92. The van der Waals surface area contributed by atoms with E-state index in [4.69, 9.17) is 9.15 Å². The fourth-order valence-electron chi connectivity index (χ4n) is 6.92. The van der Waals surface area contributed by atoms with Gasteiger partial charge in [0.2, 0.25) is 5.91 Å². The van der Waals surface area contributed by atoms with Gasteiger partial charge >= 0.3 is 0 Å². The minimum atomic E-state index is -1.05. The lowest BCUT2D eigenvalue weighted by molar-refractivity contribution is -0.137. The molecule has 2 heterocycles. The molecule has 0 spiro atoms. The molecule has 0 bridgehead atoms. The molecule has 1 saturated carbocycles. The molecule has 1 aliphatic carbocycles. The molecular formula is C31H48N2O4. The van der Waals surface area contributed by atoms with Crippen LogP contribution >= 0.6 is 0 Å². The average Bonchev–Trinajstić information content (AvgIpc) is 3.41. The molecule has 3 atom stereocenters. The van der Waals surface area contributed by atoms with Crippen LogP contribution in [0.3, 0.4) is 0 Å². The first-order valence-electron chi connectivity index (χ1n) is 14.7. The van der Waals surface area contributed by atoms with Crippen LogP contribution in [-0.4, -0.2) is 56.3 Å². The molecule has 37 heavy (non-hydrogen) atoms. The van der Waals surface area contributed by atoms with E-state index in [0.717, 1.165) is 67.6 Å². The molecule has 1 aromatic heterocycles. The van der Waals surface area contributed by atoms with Crippen molar-refractivity contribution in [1.29, 1.82) is 0 Å². The van der Waals surface area contributed by atoms with Crippen molar-refractivity contribution in [2.75, 3.05) is 40.4 Å². The number of hydrogen-bond acceptors (Lipinski definition) is 5. The molecule has 1 amide bonds. The highest BCUT2D eigenvalue weighted by molar-refractivity contribution is 5.81. The Balaban J connectivity index is 1.48. The normalized spacial score (nSPS) is 21.7. The monoisotopic (exact) mass is 512 g/mol. The Labute approximate surface area is 223 Å². The molecule has 1 saturated heterocycles. The summed E-state index contributed by atoms with van der Waals surface area (Å²) in [5.41, 5.74) is 0.579. The second kappa shape index (κ2) is 13.8. The van der Waals surface area contributed by atoms with Crippen LogP contribution < -0.4 is 5.32 Å². The topological polar surface area (TPSA) is 74.9 Å². The zero-order valence-corrected chi connectivity index (χ0v) is 23.1. The largest absolute Gasteiger partial charge is 0.464 e. The minimum Gasteiger partial charge on any atom is -0.464 e. The summed E-state index contributed by atoms with van der Waals surface area (Å²) >= 11 is 0. The van der Waals surface area contributed by atoms with Crippen molar-refractivity contribution in [3.05, 3.63) is 36.1 Å². The first-order chi connectivity index (χ1) is 18.0. The number of aliphatic hydroxyl groups is 1. The summed E-state index contributed by atoms with van der Waals surface area (Å²) in [6.07, 6.45) is 14.3.